The zero-order valence-corrected chi connectivity index (χ0v) is 17.8. The van der Waals surface area contributed by atoms with Crippen LogP contribution in [0.3, 0.4) is 0 Å². The molecule has 8 heteroatoms. The molecule has 0 saturated carbocycles. The molecule has 6 nitrogen and oxygen atoms in total. The maximum Gasteiger partial charge on any atom is 0.267 e. The molecule has 1 amide bonds. The van der Waals surface area contributed by atoms with Crippen LogP contribution in [0.5, 0.6) is 5.75 Å². The second-order valence-corrected chi connectivity index (χ2v) is 9.79. The number of benzene rings is 3. The molecule has 4 rings (SSSR count). The Bertz CT molecular complexity index is 1170. The van der Waals surface area contributed by atoms with Gasteiger partial charge in [-0.1, -0.05) is 54.2 Å². The Labute approximate surface area is 179 Å². The number of sulfonamides is 1. The summed E-state index contributed by atoms with van der Waals surface area (Å²) in [6.45, 7) is -0.0876. The van der Waals surface area contributed by atoms with Gasteiger partial charge in [-0.25, -0.2) is 8.42 Å². The number of carbonyl (C=O) groups is 1. The number of anilines is 2. The van der Waals surface area contributed by atoms with E-state index in [-0.39, 0.29) is 6.54 Å². The standard InChI is InChI=1S/C22H20N2O4S2/c1-30(26,27)24-15-20(28-19-13-7-6-12-18(19)24)22(25)23-17-11-5-8-14-21(17)29-16-9-3-2-4-10-16/h2-14,20H,15H2,1H3,(H,23,25)/t20-/m1/s1. The van der Waals surface area contributed by atoms with Gasteiger partial charge in [0.05, 0.1) is 24.2 Å². The predicted octanol–water partition coefficient (Wildman–Crippen LogP) is 4.00. The van der Waals surface area contributed by atoms with Gasteiger partial charge in [-0.2, -0.15) is 0 Å². The van der Waals surface area contributed by atoms with Gasteiger partial charge in [0, 0.05) is 9.79 Å². The molecule has 0 bridgehead atoms. The molecule has 0 radical (unpaired) electrons. The highest BCUT2D eigenvalue weighted by Crippen LogP contribution is 2.36. The number of nitrogens with one attached hydrogen (secondary N) is 1. The lowest BCUT2D eigenvalue weighted by molar-refractivity contribution is -0.122. The number of nitrogens with zero attached hydrogens (tertiary/aromatic N) is 1. The summed E-state index contributed by atoms with van der Waals surface area (Å²) in [6.07, 6.45) is 0.153. The molecule has 0 aromatic heterocycles. The maximum atomic E-state index is 13.0. The molecule has 30 heavy (non-hydrogen) atoms. The van der Waals surface area contributed by atoms with E-state index in [0.29, 0.717) is 17.1 Å². The van der Waals surface area contributed by atoms with E-state index in [1.807, 2.05) is 54.6 Å². The molecule has 1 aliphatic rings. The lowest BCUT2D eigenvalue weighted by Gasteiger charge is -2.33. The van der Waals surface area contributed by atoms with Gasteiger partial charge >= 0.3 is 0 Å². The minimum atomic E-state index is -3.56. The normalized spacial score (nSPS) is 15.8. The molecule has 0 saturated heterocycles. The molecule has 0 unspecified atom stereocenters. The number of para-hydroxylation sites is 3. The molecular weight excluding hydrogens is 420 g/mol. The Morgan fingerprint density at radius 2 is 1.67 bits per heavy atom. The number of ether oxygens (including phenoxy) is 1. The zero-order chi connectivity index (χ0) is 21.1. The summed E-state index contributed by atoms with van der Waals surface area (Å²) in [6, 6.07) is 24.1. The van der Waals surface area contributed by atoms with Crippen LogP contribution in [0, 0.1) is 0 Å². The van der Waals surface area contributed by atoms with Crippen LogP contribution in [0.1, 0.15) is 0 Å². The number of hydrogen-bond acceptors (Lipinski definition) is 5. The van der Waals surface area contributed by atoms with Crippen LogP contribution < -0.4 is 14.4 Å². The van der Waals surface area contributed by atoms with Gasteiger partial charge in [0.1, 0.15) is 5.75 Å². The van der Waals surface area contributed by atoms with Gasteiger partial charge in [-0.3, -0.25) is 9.10 Å². The first-order valence-corrected chi connectivity index (χ1v) is 11.9. The third-order valence-electron chi connectivity index (χ3n) is 4.54. The van der Waals surface area contributed by atoms with Gasteiger partial charge in [0.15, 0.2) is 6.10 Å². The van der Waals surface area contributed by atoms with Crippen LogP contribution in [-0.2, 0) is 14.8 Å². The van der Waals surface area contributed by atoms with E-state index in [1.54, 1.807) is 24.3 Å². The largest absolute Gasteiger partial charge is 0.476 e. The molecule has 0 fully saturated rings. The highest BCUT2D eigenvalue weighted by atomic mass is 32.2. The van der Waals surface area contributed by atoms with Crippen molar-refractivity contribution in [2.75, 3.05) is 22.4 Å². The van der Waals surface area contributed by atoms with Crippen molar-refractivity contribution < 1.29 is 17.9 Å². The topological polar surface area (TPSA) is 75.7 Å². The molecule has 0 aliphatic carbocycles. The second-order valence-electron chi connectivity index (χ2n) is 6.77. The quantitative estimate of drug-likeness (QED) is 0.649. The van der Waals surface area contributed by atoms with Crippen LogP contribution in [0.2, 0.25) is 0 Å². The van der Waals surface area contributed by atoms with Crippen molar-refractivity contribution >= 4 is 39.1 Å². The zero-order valence-electron chi connectivity index (χ0n) is 16.2. The molecule has 154 valence electrons. The molecule has 1 aliphatic heterocycles. The SMILES string of the molecule is CS(=O)(=O)N1C[C@H](C(=O)Nc2ccccc2Sc2ccccc2)Oc2ccccc21. The summed E-state index contributed by atoms with van der Waals surface area (Å²) in [5.74, 6) is -0.0412. The Morgan fingerprint density at radius 3 is 2.43 bits per heavy atom. The van der Waals surface area contributed by atoms with E-state index in [0.717, 1.165) is 16.0 Å². The van der Waals surface area contributed by atoms with Crippen LogP contribution in [-0.4, -0.2) is 33.2 Å². The van der Waals surface area contributed by atoms with E-state index >= 15 is 0 Å². The molecule has 3 aromatic carbocycles. The lowest BCUT2D eigenvalue weighted by Crippen LogP contribution is -2.48. The van der Waals surface area contributed by atoms with E-state index in [9.17, 15) is 13.2 Å². The first-order valence-electron chi connectivity index (χ1n) is 9.28. The Morgan fingerprint density at radius 1 is 1.00 bits per heavy atom. The highest BCUT2D eigenvalue weighted by molar-refractivity contribution is 7.99. The van der Waals surface area contributed by atoms with Crippen molar-refractivity contribution in [2.45, 2.75) is 15.9 Å². The third kappa shape index (κ3) is 4.44. The van der Waals surface area contributed by atoms with Gasteiger partial charge in [-0.05, 0) is 36.4 Å². The minimum absolute atomic E-state index is 0.0876. The molecule has 3 aromatic rings. The molecule has 1 atom stereocenters. The Balaban J connectivity index is 1.57. The lowest BCUT2D eigenvalue weighted by atomic mass is 10.2. The molecular formula is C22H20N2O4S2. The summed E-state index contributed by atoms with van der Waals surface area (Å²) in [4.78, 5) is 14.9. The van der Waals surface area contributed by atoms with Crippen molar-refractivity contribution in [3.8, 4) is 5.75 Å². The van der Waals surface area contributed by atoms with Gasteiger partial charge in [-0.15, -0.1) is 0 Å². The molecule has 1 heterocycles. The predicted molar refractivity (Wildman–Crippen MR) is 119 cm³/mol. The Hall–Kier alpha value is -2.97. The smallest absolute Gasteiger partial charge is 0.267 e. The average Bonchev–Trinajstić information content (AvgIpc) is 2.74. The summed E-state index contributed by atoms with van der Waals surface area (Å²) >= 11 is 1.53. The third-order valence-corrected chi connectivity index (χ3v) is 6.77. The van der Waals surface area contributed by atoms with E-state index in [4.69, 9.17) is 4.74 Å². The fraction of sp³-hybridized carbons (Fsp3) is 0.136. The van der Waals surface area contributed by atoms with E-state index in [2.05, 4.69) is 5.32 Å². The van der Waals surface area contributed by atoms with Crippen molar-refractivity contribution in [1.82, 2.24) is 0 Å². The number of fused-ring (bicyclic) bond motifs is 1. The van der Waals surface area contributed by atoms with Crippen molar-refractivity contribution in [3.05, 3.63) is 78.9 Å². The van der Waals surface area contributed by atoms with Gasteiger partial charge < -0.3 is 10.1 Å². The summed E-state index contributed by atoms with van der Waals surface area (Å²) < 4.78 is 31.6. The Kier molecular flexibility index (Phi) is 5.69. The summed E-state index contributed by atoms with van der Waals surface area (Å²) in [5, 5.41) is 2.90. The number of carbonyl (C=O) groups excluding carboxylic acids is 1. The van der Waals surface area contributed by atoms with Gasteiger partial charge in [0.2, 0.25) is 10.0 Å². The minimum Gasteiger partial charge on any atom is -0.476 e. The summed E-state index contributed by atoms with van der Waals surface area (Å²) in [5.41, 5.74) is 1.08. The number of hydrogen-bond donors (Lipinski definition) is 1. The second kappa shape index (κ2) is 8.41. The monoisotopic (exact) mass is 440 g/mol. The van der Waals surface area contributed by atoms with Crippen molar-refractivity contribution in [2.24, 2.45) is 0 Å². The first-order chi connectivity index (χ1) is 14.4. The first kappa shape index (κ1) is 20.3. The number of amides is 1. The summed E-state index contributed by atoms with van der Waals surface area (Å²) in [7, 11) is -3.56. The fourth-order valence-corrected chi connectivity index (χ4v) is 4.98. The van der Waals surface area contributed by atoms with Crippen LogP contribution in [0.4, 0.5) is 11.4 Å². The van der Waals surface area contributed by atoms with Crippen LogP contribution in [0.25, 0.3) is 0 Å². The maximum absolute atomic E-state index is 13.0. The van der Waals surface area contributed by atoms with Crippen LogP contribution >= 0.6 is 11.8 Å². The molecule has 0 spiro atoms. The molecule has 1 N–H and O–H groups in total. The van der Waals surface area contributed by atoms with E-state index in [1.165, 1.54) is 16.1 Å². The fourth-order valence-electron chi connectivity index (χ4n) is 3.14. The van der Waals surface area contributed by atoms with Gasteiger partial charge in [0.25, 0.3) is 5.91 Å². The number of rotatable bonds is 5. The highest BCUT2D eigenvalue weighted by Gasteiger charge is 2.35. The van der Waals surface area contributed by atoms with Crippen LogP contribution in [0.15, 0.2) is 88.7 Å². The average molecular weight is 441 g/mol. The van der Waals surface area contributed by atoms with E-state index < -0.39 is 22.0 Å². The van der Waals surface area contributed by atoms with Crippen molar-refractivity contribution in [1.29, 1.82) is 0 Å². The van der Waals surface area contributed by atoms with Crippen molar-refractivity contribution in [3.63, 3.8) is 0 Å².